The second-order valence-electron chi connectivity index (χ2n) is 6.21. The lowest BCUT2D eigenvalue weighted by molar-refractivity contribution is -0.140. The first-order valence-electron chi connectivity index (χ1n) is 8.00. The van der Waals surface area contributed by atoms with E-state index in [0.29, 0.717) is 21.4 Å². The Morgan fingerprint density at radius 1 is 1.24 bits per heavy atom. The maximum Gasteiger partial charge on any atom is 0.329 e. The molecule has 3 N–H and O–H groups in total. The summed E-state index contributed by atoms with van der Waals surface area (Å²) < 4.78 is 0.702. The lowest BCUT2D eigenvalue weighted by atomic mass is 9.94. The maximum absolute atomic E-state index is 13.0. The molecule has 0 bridgehead atoms. The van der Waals surface area contributed by atoms with Gasteiger partial charge in [-0.1, -0.05) is 34.1 Å². The molecule has 0 radical (unpaired) electrons. The second-order valence-corrected chi connectivity index (χ2v) is 7.13. The van der Waals surface area contributed by atoms with Gasteiger partial charge in [-0.05, 0) is 43.2 Å². The van der Waals surface area contributed by atoms with Gasteiger partial charge < -0.3 is 15.7 Å². The SMILES string of the molecule is O=C1Nc2ccc(Br)cc2[C@](O)(C(=O)NC2CC2)N1c1ccccc1. The Morgan fingerprint density at radius 3 is 2.64 bits per heavy atom. The molecule has 3 amide bonds. The Hall–Kier alpha value is -2.38. The minimum absolute atomic E-state index is 0.0507. The van der Waals surface area contributed by atoms with Gasteiger partial charge in [-0.2, -0.15) is 0 Å². The van der Waals surface area contributed by atoms with Crippen molar-refractivity contribution in [3.05, 3.63) is 58.6 Å². The van der Waals surface area contributed by atoms with Crippen LogP contribution < -0.4 is 15.5 Å². The third-order valence-electron chi connectivity index (χ3n) is 4.37. The van der Waals surface area contributed by atoms with E-state index in [-0.39, 0.29) is 6.04 Å². The molecule has 7 heteroatoms. The quantitative estimate of drug-likeness (QED) is 0.739. The summed E-state index contributed by atoms with van der Waals surface area (Å²) in [6.45, 7) is 0. The molecule has 1 fully saturated rings. The molecule has 0 saturated heterocycles. The van der Waals surface area contributed by atoms with Gasteiger partial charge in [0.2, 0.25) is 0 Å². The zero-order chi connectivity index (χ0) is 17.6. The minimum atomic E-state index is -2.13. The highest BCUT2D eigenvalue weighted by atomic mass is 79.9. The van der Waals surface area contributed by atoms with Crippen LogP contribution in [0.4, 0.5) is 16.2 Å². The zero-order valence-electron chi connectivity index (χ0n) is 13.2. The zero-order valence-corrected chi connectivity index (χ0v) is 14.8. The first kappa shape index (κ1) is 16.1. The molecule has 2 aromatic carbocycles. The van der Waals surface area contributed by atoms with Crippen molar-refractivity contribution >= 4 is 39.2 Å². The smallest absolute Gasteiger partial charge is 0.329 e. The number of nitrogens with one attached hydrogen (secondary N) is 2. The lowest BCUT2D eigenvalue weighted by Crippen LogP contribution is -2.62. The van der Waals surface area contributed by atoms with Crippen molar-refractivity contribution in [3.8, 4) is 0 Å². The highest BCUT2D eigenvalue weighted by Gasteiger charge is 2.52. The van der Waals surface area contributed by atoms with Crippen LogP contribution in [0.15, 0.2) is 53.0 Å². The number of urea groups is 1. The van der Waals surface area contributed by atoms with Gasteiger partial charge >= 0.3 is 6.03 Å². The van der Waals surface area contributed by atoms with Crippen LogP contribution in [0.2, 0.25) is 0 Å². The molecular weight excluding hydrogens is 386 g/mol. The highest BCUT2D eigenvalue weighted by Crippen LogP contribution is 2.41. The van der Waals surface area contributed by atoms with Gasteiger partial charge in [0.15, 0.2) is 0 Å². The molecule has 1 atom stereocenters. The Kier molecular flexibility index (Phi) is 3.77. The molecule has 2 aliphatic rings. The number of carbonyl (C=O) groups excluding carboxylic acids is 2. The number of benzene rings is 2. The number of hydrogen-bond donors (Lipinski definition) is 3. The van der Waals surface area contributed by atoms with E-state index in [2.05, 4.69) is 26.6 Å². The van der Waals surface area contributed by atoms with Crippen LogP contribution in [0.3, 0.4) is 0 Å². The van der Waals surface area contributed by atoms with Gasteiger partial charge in [0.25, 0.3) is 11.6 Å². The molecule has 0 spiro atoms. The van der Waals surface area contributed by atoms with E-state index >= 15 is 0 Å². The monoisotopic (exact) mass is 401 g/mol. The summed E-state index contributed by atoms with van der Waals surface area (Å²) in [5.41, 5.74) is -0.970. The summed E-state index contributed by atoms with van der Waals surface area (Å²) in [6.07, 6.45) is 1.76. The van der Waals surface area contributed by atoms with E-state index in [1.165, 1.54) is 0 Å². The topological polar surface area (TPSA) is 81.7 Å². The summed E-state index contributed by atoms with van der Waals surface area (Å²) in [5, 5.41) is 17.1. The van der Waals surface area contributed by atoms with Gasteiger partial charge in [0.05, 0.1) is 5.69 Å². The third-order valence-corrected chi connectivity index (χ3v) is 4.86. The van der Waals surface area contributed by atoms with Crippen molar-refractivity contribution in [2.24, 2.45) is 0 Å². The number of anilines is 2. The fraction of sp³-hybridized carbons (Fsp3) is 0.222. The molecule has 1 heterocycles. The van der Waals surface area contributed by atoms with Crippen LogP contribution in [-0.2, 0) is 10.5 Å². The van der Waals surface area contributed by atoms with Crippen LogP contribution >= 0.6 is 15.9 Å². The van der Waals surface area contributed by atoms with Gasteiger partial charge in [0.1, 0.15) is 0 Å². The number of para-hydroxylation sites is 1. The standard InChI is InChI=1S/C18H16BrN3O3/c19-11-6-9-15-14(10-11)18(25,16(23)20-12-7-8-12)22(17(24)21-15)13-4-2-1-3-5-13/h1-6,9-10,12,25H,7-8H2,(H,20,23)(H,21,24)/t18-/m0/s1. The average molecular weight is 402 g/mol. The van der Waals surface area contributed by atoms with Gasteiger partial charge in [-0.3, -0.25) is 9.69 Å². The summed E-state index contributed by atoms with van der Waals surface area (Å²) in [4.78, 5) is 26.8. The van der Waals surface area contributed by atoms with E-state index in [1.807, 2.05) is 0 Å². The first-order chi connectivity index (χ1) is 12.0. The molecule has 0 unspecified atom stereocenters. The molecule has 6 nitrogen and oxygen atoms in total. The fourth-order valence-electron chi connectivity index (χ4n) is 2.97. The van der Waals surface area contributed by atoms with Crippen molar-refractivity contribution in [2.75, 3.05) is 10.2 Å². The number of aliphatic hydroxyl groups is 1. The Balaban J connectivity index is 1.89. The van der Waals surface area contributed by atoms with Crippen molar-refractivity contribution in [3.63, 3.8) is 0 Å². The minimum Gasteiger partial charge on any atom is -0.359 e. The van der Waals surface area contributed by atoms with Crippen molar-refractivity contribution in [1.29, 1.82) is 0 Å². The van der Waals surface area contributed by atoms with E-state index < -0.39 is 17.7 Å². The van der Waals surface area contributed by atoms with Crippen molar-refractivity contribution in [2.45, 2.75) is 24.6 Å². The predicted octanol–water partition coefficient (Wildman–Crippen LogP) is 2.92. The van der Waals surface area contributed by atoms with E-state index in [9.17, 15) is 14.7 Å². The predicted molar refractivity (Wildman–Crippen MR) is 97.1 cm³/mol. The Morgan fingerprint density at radius 2 is 1.96 bits per heavy atom. The fourth-order valence-corrected chi connectivity index (χ4v) is 3.33. The summed E-state index contributed by atoms with van der Waals surface area (Å²) >= 11 is 3.37. The second kappa shape index (κ2) is 5.86. The molecule has 1 aliphatic heterocycles. The van der Waals surface area contributed by atoms with Crippen LogP contribution in [0, 0.1) is 0 Å². The molecule has 128 valence electrons. The van der Waals surface area contributed by atoms with E-state index in [4.69, 9.17) is 0 Å². The largest absolute Gasteiger partial charge is 0.359 e. The van der Waals surface area contributed by atoms with Gasteiger partial charge in [0, 0.05) is 21.8 Å². The number of rotatable bonds is 3. The van der Waals surface area contributed by atoms with Crippen molar-refractivity contribution < 1.29 is 14.7 Å². The van der Waals surface area contributed by atoms with Gasteiger partial charge in [-0.25, -0.2) is 4.79 Å². The average Bonchev–Trinajstić information content (AvgIpc) is 3.40. The van der Waals surface area contributed by atoms with Gasteiger partial charge in [-0.15, -0.1) is 0 Å². The maximum atomic E-state index is 13.0. The molecule has 25 heavy (non-hydrogen) atoms. The summed E-state index contributed by atoms with van der Waals surface area (Å²) in [6, 6.07) is 13.2. The molecule has 4 rings (SSSR count). The van der Waals surface area contributed by atoms with Crippen LogP contribution in [0.1, 0.15) is 18.4 Å². The third kappa shape index (κ3) is 2.69. The van der Waals surface area contributed by atoms with Crippen LogP contribution in [0.5, 0.6) is 0 Å². The molecular formula is C18H16BrN3O3. The number of hydrogen-bond acceptors (Lipinski definition) is 3. The summed E-state index contributed by atoms with van der Waals surface area (Å²) in [7, 11) is 0. The highest BCUT2D eigenvalue weighted by molar-refractivity contribution is 9.10. The molecule has 1 saturated carbocycles. The number of fused-ring (bicyclic) bond motifs is 1. The molecule has 1 aliphatic carbocycles. The number of halogens is 1. The van der Waals surface area contributed by atoms with Crippen molar-refractivity contribution in [1.82, 2.24) is 5.32 Å². The Bertz CT molecular complexity index is 854. The normalized spacial score (nSPS) is 22.2. The first-order valence-corrected chi connectivity index (χ1v) is 8.79. The van der Waals surface area contributed by atoms with E-state index in [0.717, 1.165) is 17.7 Å². The van der Waals surface area contributed by atoms with Crippen LogP contribution in [-0.4, -0.2) is 23.1 Å². The Labute approximate surface area is 153 Å². The molecule has 0 aromatic heterocycles. The number of amides is 3. The number of nitrogens with zero attached hydrogens (tertiary/aromatic N) is 1. The summed E-state index contributed by atoms with van der Waals surface area (Å²) in [5.74, 6) is -0.604. The number of carbonyl (C=O) groups is 2. The van der Waals surface area contributed by atoms with E-state index in [1.54, 1.807) is 48.5 Å². The van der Waals surface area contributed by atoms with Crippen LogP contribution in [0.25, 0.3) is 0 Å². The lowest BCUT2D eigenvalue weighted by Gasteiger charge is -2.42. The molecule has 2 aromatic rings.